The van der Waals surface area contributed by atoms with E-state index >= 15 is 0 Å². The van der Waals surface area contributed by atoms with Crippen LogP contribution in [0.25, 0.3) is 0 Å². The quantitative estimate of drug-likeness (QED) is 0.777. The Hall–Kier alpha value is -1.61. The van der Waals surface area contributed by atoms with Crippen LogP contribution < -0.4 is 0 Å². The molecule has 3 nitrogen and oxygen atoms in total. The monoisotopic (exact) mass is 243 g/mol. The third-order valence-corrected chi connectivity index (χ3v) is 3.02. The Morgan fingerprint density at radius 3 is 2.78 bits per heavy atom. The van der Waals surface area contributed by atoms with E-state index in [2.05, 4.69) is 52.9 Å². The van der Waals surface area contributed by atoms with E-state index in [0.717, 1.165) is 25.2 Å². The fraction of sp³-hybridized carbons (Fsp3) is 0.400. The molecule has 0 radical (unpaired) electrons. The number of hydrogen-bond donors (Lipinski definition) is 0. The van der Waals surface area contributed by atoms with E-state index in [1.807, 2.05) is 18.3 Å². The minimum atomic E-state index is 0.866. The van der Waals surface area contributed by atoms with Gasteiger partial charge in [0, 0.05) is 18.1 Å². The fourth-order valence-electron chi connectivity index (χ4n) is 2.07. The Balaban J connectivity index is 1.95. The highest BCUT2D eigenvalue weighted by Crippen LogP contribution is 2.08. The van der Waals surface area contributed by atoms with Gasteiger partial charge in [-0.1, -0.05) is 6.07 Å². The van der Waals surface area contributed by atoms with E-state index < -0.39 is 0 Å². The highest BCUT2D eigenvalue weighted by atomic mass is 15.0. The Morgan fingerprint density at radius 1 is 1.17 bits per heavy atom. The SMILES string of the molecule is CN(C)CCCc1cccn1Cc1ccccn1. The number of aromatic nitrogens is 2. The van der Waals surface area contributed by atoms with E-state index in [4.69, 9.17) is 0 Å². The minimum absolute atomic E-state index is 0.866. The van der Waals surface area contributed by atoms with Crippen LogP contribution >= 0.6 is 0 Å². The number of rotatable bonds is 6. The first-order chi connectivity index (χ1) is 8.75. The summed E-state index contributed by atoms with van der Waals surface area (Å²) in [5, 5.41) is 0. The number of pyridine rings is 1. The van der Waals surface area contributed by atoms with Crippen LogP contribution in [0.2, 0.25) is 0 Å². The maximum Gasteiger partial charge on any atom is 0.0645 e. The average molecular weight is 243 g/mol. The van der Waals surface area contributed by atoms with Gasteiger partial charge in [0.25, 0.3) is 0 Å². The Bertz CT molecular complexity index is 460. The van der Waals surface area contributed by atoms with E-state index in [-0.39, 0.29) is 0 Å². The molecule has 96 valence electrons. The predicted octanol–water partition coefficient (Wildman–Crippen LogP) is 2.43. The lowest BCUT2D eigenvalue weighted by Crippen LogP contribution is -2.14. The molecule has 0 bridgehead atoms. The summed E-state index contributed by atoms with van der Waals surface area (Å²) in [5.41, 5.74) is 2.50. The highest BCUT2D eigenvalue weighted by molar-refractivity contribution is 5.11. The van der Waals surface area contributed by atoms with Gasteiger partial charge >= 0.3 is 0 Å². The topological polar surface area (TPSA) is 21.1 Å². The zero-order valence-electron chi connectivity index (χ0n) is 11.2. The summed E-state index contributed by atoms with van der Waals surface area (Å²) in [6, 6.07) is 10.4. The molecule has 0 aromatic carbocycles. The number of hydrogen-bond acceptors (Lipinski definition) is 2. The molecule has 0 aliphatic carbocycles. The molecule has 0 saturated heterocycles. The summed E-state index contributed by atoms with van der Waals surface area (Å²) in [4.78, 5) is 6.60. The Kier molecular flexibility index (Phi) is 4.53. The van der Waals surface area contributed by atoms with Gasteiger partial charge in [-0.25, -0.2) is 0 Å². The molecule has 0 aliphatic heterocycles. The minimum Gasteiger partial charge on any atom is -0.346 e. The van der Waals surface area contributed by atoms with Crippen molar-refractivity contribution >= 4 is 0 Å². The lowest BCUT2D eigenvalue weighted by molar-refractivity contribution is 0.398. The molecule has 2 heterocycles. The summed E-state index contributed by atoms with van der Waals surface area (Å²) >= 11 is 0. The second-order valence-corrected chi connectivity index (χ2v) is 4.86. The van der Waals surface area contributed by atoms with E-state index in [1.54, 1.807) is 0 Å². The summed E-state index contributed by atoms with van der Waals surface area (Å²) in [7, 11) is 4.24. The zero-order chi connectivity index (χ0) is 12.8. The van der Waals surface area contributed by atoms with Crippen molar-refractivity contribution in [2.75, 3.05) is 20.6 Å². The largest absolute Gasteiger partial charge is 0.346 e. The second-order valence-electron chi connectivity index (χ2n) is 4.86. The van der Waals surface area contributed by atoms with Gasteiger partial charge in [0.2, 0.25) is 0 Å². The van der Waals surface area contributed by atoms with Crippen molar-refractivity contribution in [1.82, 2.24) is 14.5 Å². The Morgan fingerprint density at radius 2 is 2.06 bits per heavy atom. The van der Waals surface area contributed by atoms with Crippen molar-refractivity contribution < 1.29 is 0 Å². The van der Waals surface area contributed by atoms with Crippen LogP contribution in [0, 0.1) is 0 Å². The molecule has 0 unspecified atom stereocenters. The standard InChI is InChI=1S/C15H21N3/c1-17(2)11-5-8-15-9-6-12-18(15)13-14-7-3-4-10-16-14/h3-4,6-7,9-10,12H,5,8,11,13H2,1-2H3. The van der Waals surface area contributed by atoms with Gasteiger partial charge in [-0.05, 0) is 57.7 Å². The molecule has 0 saturated carbocycles. The molecular weight excluding hydrogens is 222 g/mol. The maximum absolute atomic E-state index is 4.37. The molecular formula is C15H21N3. The molecule has 2 aromatic heterocycles. The Labute approximate surface area is 109 Å². The first-order valence-corrected chi connectivity index (χ1v) is 6.44. The van der Waals surface area contributed by atoms with Crippen LogP contribution in [0.4, 0.5) is 0 Å². The molecule has 3 heteroatoms. The smallest absolute Gasteiger partial charge is 0.0645 e. The van der Waals surface area contributed by atoms with E-state index in [0.29, 0.717) is 0 Å². The van der Waals surface area contributed by atoms with Crippen LogP contribution in [-0.2, 0) is 13.0 Å². The molecule has 0 aliphatic rings. The van der Waals surface area contributed by atoms with Crippen molar-refractivity contribution in [3.05, 3.63) is 54.1 Å². The van der Waals surface area contributed by atoms with Gasteiger partial charge in [-0.2, -0.15) is 0 Å². The number of aryl methyl sites for hydroxylation is 1. The van der Waals surface area contributed by atoms with Crippen molar-refractivity contribution in [3.63, 3.8) is 0 Å². The second kappa shape index (κ2) is 6.36. The maximum atomic E-state index is 4.37. The summed E-state index contributed by atoms with van der Waals surface area (Å²) in [6.07, 6.45) is 6.31. The first-order valence-electron chi connectivity index (χ1n) is 6.44. The van der Waals surface area contributed by atoms with Crippen LogP contribution in [-0.4, -0.2) is 35.1 Å². The third-order valence-electron chi connectivity index (χ3n) is 3.02. The summed E-state index contributed by atoms with van der Waals surface area (Å²) < 4.78 is 2.29. The molecule has 0 amide bonds. The first kappa shape index (κ1) is 12.8. The summed E-state index contributed by atoms with van der Waals surface area (Å²) in [6.45, 7) is 2.00. The van der Waals surface area contributed by atoms with E-state index in [1.165, 1.54) is 12.1 Å². The van der Waals surface area contributed by atoms with Crippen molar-refractivity contribution in [2.45, 2.75) is 19.4 Å². The van der Waals surface area contributed by atoms with Crippen LogP contribution in [0.15, 0.2) is 42.7 Å². The van der Waals surface area contributed by atoms with Crippen LogP contribution in [0.5, 0.6) is 0 Å². The summed E-state index contributed by atoms with van der Waals surface area (Å²) in [5.74, 6) is 0. The number of nitrogens with zero attached hydrogens (tertiary/aromatic N) is 3. The van der Waals surface area contributed by atoms with Crippen LogP contribution in [0.3, 0.4) is 0 Å². The zero-order valence-corrected chi connectivity index (χ0v) is 11.2. The lowest BCUT2D eigenvalue weighted by Gasteiger charge is -2.11. The third kappa shape index (κ3) is 3.70. The fourth-order valence-corrected chi connectivity index (χ4v) is 2.07. The average Bonchev–Trinajstić information content (AvgIpc) is 2.78. The van der Waals surface area contributed by atoms with E-state index in [9.17, 15) is 0 Å². The van der Waals surface area contributed by atoms with Crippen LogP contribution in [0.1, 0.15) is 17.8 Å². The van der Waals surface area contributed by atoms with Crippen molar-refractivity contribution in [3.8, 4) is 0 Å². The lowest BCUT2D eigenvalue weighted by atomic mass is 10.2. The molecule has 2 aromatic rings. The molecule has 0 atom stereocenters. The molecule has 0 fully saturated rings. The van der Waals surface area contributed by atoms with Crippen molar-refractivity contribution in [1.29, 1.82) is 0 Å². The van der Waals surface area contributed by atoms with Gasteiger partial charge in [0.1, 0.15) is 0 Å². The molecule has 0 N–H and O–H groups in total. The normalized spacial score (nSPS) is 11.1. The predicted molar refractivity (Wildman–Crippen MR) is 74.6 cm³/mol. The van der Waals surface area contributed by atoms with Gasteiger partial charge < -0.3 is 9.47 Å². The van der Waals surface area contributed by atoms with Gasteiger partial charge in [0.05, 0.1) is 12.2 Å². The highest BCUT2D eigenvalue weighted by Gasteiger charge is 2.02. The molecule has 0 spiro atoms. The van der Waals surface area contributed by atoms with Gasteiger partial charge in [-0.15, -0.1) is 0 Å². The van der Waals surface area contributed by atoms with Gasteiger partial charge in [0.15, 0.2) is 0 Å². The molecule has 2 rings (SSSR count). The van der Waals surface area contributed by atoms with Gasteiger partial charge in [-0.3, -0.25) is 4.98 Å². The molecule has 18 heavy (non-hydrogen) atoms. The van der Waals surface area contributed by atoms with Crippen molar-refractivity contribution in [2.24, 2.45) is 0 Å².